The summed E-state index contributed by atoms with van der Waals surface area (Å²) in [6, 6.07) is 26.7. The minimum absolute atomic E-state index is 0.232. The van der Waals surface area contributed by atoms with Crippen molar-refractivity contribution in [3.8, 4) is 11.1 Å². The quantitative estimate of drug-likeness (QED) is 0.118. The number of halogens is 8. The molecule has 0 radical (unpaired) electrons. The molecule has 0 aliphatic carbocycles. The second kappa shape index (κ2) is 13.5. The molecule has 0 fully saturated rings. The monoisotopic (exact) mass is 768 g/mol. The lowest BCUT2D eigenvalue weighted by Crippen LogP contribution is -2.35. The molecule has 0 N–H and O–H groups in total. The van der Waals surface area contributed by atoms with E-state index in [4.69, 9.17) is 0 Å². The molecule has 0 saturated carbocycles. The maximum Gasteiger partial charge on any atom is 0.186 e. The standard InChI is InChI=1S/C46H36F8N2/c1-5-45(6-2)25-17-9-13-21-29(25)55(30-22-14-10-18-26(30)45)43-39(51)35(47)33(36(48)40(43)52)34-37(49)41(53)44(42(54)38(34)50)56-31-23-15-11-19-27(31)46(7-3,8-4)28-20-12-16-24-32(28)56/h9-24H,5-8H2,1-4H3. The molecule has 10 heteroatoms. The van der Waals surface area contributed by atoms with E-state index in [1.165, 1.54) is 0 Å². The van der Waals surface area contributed by atoms with E-state index in [1.54, 1.807) is 97.1 Å². The lowest BCUT2D eigenvalue weighted by molar-refractivity contribution is 0.442. The van der Waals surface area contributed by atoms with Crippen LogP contribution < -0.4 is 9.80 Å². The SMILES string of the molecule is CCC1(CC)c2ccccc2N(c2c(F)c(F)c(-c3c(F)c(F)c(N4c5ccccc5C(CC)(CC)c5ccccc54)c(F)c3F)c(F)c2F)c2ccccc21. The molecule has 2 aliphatic rings. The Morgan fingerprint density at radius 3 is 0.768 bits per heavy atom. The minimum atomic E-state index is -2.23. The average molecular weight is 769 g/mol. The third-order valence-electron chi connectivity index (χ3n) is 12.2. The van der Waals surface area contributed by atoms with Crippen LogP contribution in [0.1, 0.15) is 75.6 Å². The molecule has 2 aliphatic heterocycles. The van der Waals surface area contributed by atoms with E-state index in [9.17, 15) is 0 Å². The van der Waals surface area contributed by atoms with Gasteiger partial charge in [0.2, 0.25) is 0 Å². The van der Waals surface area contributed by atoms with Crippen LogP contribution in [0, 0.1) is 46.5 Å². The van der Waals surface area contributed by atoms with Gasteiger partial charge in [0.1, 0.15) is 11.4 Å². The van der Waals surface area contributed by atoms with Gasteiger partial charge in [0.15, 0.2) is 46.5 Å². The van der Waals surface area contributed by atoms with E-state index in [0.717, 1.165) is 9.80 Å². The van der Waals surface area contributed by atoms with E-state index >= 15 is 35.1 Å². The predicted octanol–water partition coefficient (Wildman–Crippen LogP) is 14.2. The average Bonchev–Trinajstić information content (AvgIpc) is 3.23. The summed E-state index contributed by atoms with van der Waals surface area (Å²) >= 11 is 0. The van der Waals surface area contributed by atoms with Crippen LogP contribution in [0.2, 0.25) is 0 Å². The van der Waals surface area contributed by atoms with Gasteiger partial charge in [0, 0.05) is 10.8 Å². The third kappa shape index (κ3) is 4.80. The number of para-hydroxylation sites is 4. The summed E-state index contributed by atoms with van der Waals surface area (Å²) in [4.78, 5) is 2.06. The second-order valence-electron chi connectivity index (χ2n) is 14.3. The molecule has 2 nitrogen and oxygen atoms in total. The van der Waals surface area contributed by atoms with Crippen molar-refractivity contribution in [2.45, 2.75) is 64.2 Å². The minimum Gasteiger partial charge on any atom is -0.304 e. The smallest absolute Gasteiger partial charge is 0.186 e. The predicted molar refractivity (Wildman–Crippen MR) is 204 cm³/mol. The molecule has 0 atom stereocenters. The first-order valence-corrected chi connectivity index (χ1v) is 18.7. The first-order chi connectivity index (χ1) is 26.9. The van der Waals surface area contributed by atoms with Crippen molar-refractivity contribution in [2.75, 3.05) is 9.80 Å². The maximum absolute atomic E-state index is 16.6. The highest BCUT2D eigenvalue weighted by molar-refractivity contribution is 5.90. The fourth-order valence-electron chi connectivity index (χ4n) is 9.42. The van der Waals surface area contributed by atoms with Gasteiger partial charge in [-0.15, -0.1) is 0 Å². The number of rotatable bonds is 7. The molecule has 6 aromatic rings. The highest BCUT2D eigenvalue weighted by Gasteiger charge is 2.46. The zero-order chi connectivity index (χ0) is 39.8. The Hall–Kier alpha value is -5.64. The molecule has 0 aromatic heterocycles. The van der Waals surface area contributed by atoms with E-state index in [-0.39, 0.29) is 22.7 Å². The van der Waals surface area contributed by atoms with Crippen LogP contribution in [0.25, 0.3) is 11.1 Å². The van der Waals surface area contributed by atoms with Crippen LogP contribution in [0.5, 0.6) is 0 Å². The van der Waals surface area contributed by atoms with Gasteiger partial charge in [-0.05, 0) is 72.2 Å². The summed E-state index contributed by atoms with van der Waals surface area (Å²) in [6.45, 7) is 7.84. The molecular formula is C46H36F8N2. The molecule has 2 heterocycles. The van der Waals surface area contributed by atoms with E-state index in [0.29, 0.717) is 47.9 Å². The Kier molecular flexibility index (Phi) is 9.01. The largest absolute Gasteiger partial charge is 0.304 e. The number of anilines is 6. The summed E-state index contributed by atoms with van der Waals surface area (Å²) in [5, 5.41) is 0. The highest BCUT2D eigenvalue weighted by Crippen LogP contribution is 2.58. The van der Waals surface area contributed by atoms with Crippen LogP contribution in [-0.4, -0.2) is 0 Å². The maximum atomic E-state index is 16.6. The van der Waals surface area contributed by atoms with Gasteiger partial charge in [0.05, 0.1) is 33.9 Å². The molecular weight excluding hydrogens is 733 g/mol. The molecule has 0 bridgehead atoms. The first kappa shape index (κ1) is 37.3. The Balaban J connectivity index is 1.35. The Morgan fingerprint density at radius 2 is 0.554 bits per heavy atom. The number of nitrogens with zero attached hydrogens (tertiary/aromatic N) is 2. The van der Waals surface area contributed by atoms with Crippen LogP contribution >= 0.6 is 0 Å². The third-order valence-corrected chi connectivity index (χ3v) is 12.2. The zero-order valence-electron chi connectivity index (χ0n) is 31.0. The summed E-state index contributed by atoms with van der Waals surface area (Å²) < 4.78 is 132. The Labute approximate surface area is 319 Å². The summed E-state index contributed by atoms with van der Waals surface area (Å²) in [6.07, 6.45) is 2.32. The van der Waals surface area contributed by atoms with Crippen molar-refractivity contribution in [1.82, 2.24) is 0 Å². The summed E-state index contributed by atoms with van der Waals surface area (Å²) in [7, 11) is 0. The van der Waals surface area contributed by atoms with E-state index in [2.05, 4.69) is 0 Å². The molecule has 0 unspecified atom stereocenters. The number of benzene rings is 6. The normalized spacial score (nSPS) is 14.9. The van der Waals surface area contributed by atoms with Crippen molar-refractivity contribution in [3.05, 3.63) is 166 Å². The number of hydrogen-bond donors (Lipinski definition) is 0. The Morgan fingerprint density at radius 1 is 0.339 bits per heavy atom. The van der Waals surface area contributed by atoms with Crippen molar-refractivity contribution < 1.29 is 35.1 Å². The molecule has 6 aromatic carbocycles. The molecule has 8 rings (SSSR count). The van der Waals surface area contributed by atoms with Gasteiger partial charge in [0.25, 0.3) is 0 Å². The van der Waals surface area contributed by atoms with Gasteiger partial charge in [-0.25, -0.2) is 35.1 Å². The summed E-state index contributed by atoms with van der Waals surface area (Å²) in [5.74, 6) is -17.0. The zero-order valence-corrected chi connectivity index (χ0v) is 31.0. The summed E-state index contributed by atoms with van der Waals surface area (Å²) in [5.41, 5.74) is -4.00. The Bertz CT molecular complexity index is 2220. The molecule has 0 spiro atoms. The molecule has 0 saturated heterocycles. The molecule has 0 amide bonds. The molecule has 286 valence electrons. The van der Waals surface area contributed by atoms with Crippen molar-refractivity contribution in [1.29, 1.82) is 0 Å². The van der Waals surface area contributed by atoms with E-state index < -0.39 is 79.9 Å². The fourth-order valence-corrected chi connectivity index (χ4v) is 9.42. The lowest BCUT2D eigenvalue weighted by Gasteiger charge is -2.45. The highest BCUT2D eigenvalue weighted by atomic mass is 19.2. The van der Waals surface area contributed by atoms with Gasteiger partial charge in [-0.3, -0.25) is 0 Å². The topological polar surface area (TPSA) is 6.48 Å². The van der Waals surface area contributed by atoms with Crippen molar-refractivity contribution in [3.63, 3.8) is 0 Å². The molecule has 56 heavy (non-hydrogen) atoms. The fraction of sp³-hybridized carbons (Fsp3) is 0.217. The second-order valence-corrected chi connectivity index (χ2v) is 14.3. The van der Waals surface area contributed by atoms with Crippen LogP contribution in [-0.2, 0) is 10.8 Å². The lowest BCUT2D eigenvalue weighted by atomic mass is 9.67. The van der Waals surface area contributed by atoms with Crippen LogP contribution in [0.15, 0.2) is 97.1 Å². The number of hydrogen-bond acceptors (Lipinski definition) is 2. The van der Waals surface area contributed by atoms with Crippen LogP contribution in [0.4, 0.5) is 69.2 Å². The van der Waals surface area contributed by atoms with Crippen molar-refractivity contribution >= 4 is 34.1 Å². The van der Waals surface area contributed by atoms with Crippen LogP contribution in [0.3, 0.4) is 0 Å². The van der Waals surface area contributed by atoms with Gasteiger partial charge < -0.3 is 9.80 Å². The number of fused-ring (bicyclic) bond motifs is 4. The van der Waals surface area contributed by atoms with Gasteiger partial charge in [-0.2, -0.15) is 0 Å². The van der Waals surface area contributed by atoms with E-state index in [1.807, 2.05) is 27.7 Å². The first-order valence-electron chi connectivity index (χ1n) is 18.7. The van der Waals surface area contributed by atoms with Gasteiger partial charge in [-0.1, -0.05) is 100 Å². The van der Waals surface area contributed by atoms with Gasteiger partial charge >= 0.3 is 0 Å². The van der Waals surface area contributed by atoms with Crippen molar-refractivity contribution in [2.24, 2.45) is 0 Å².